The third-order valence-electron chi connectivity index (χ3n) is 1.57. The molecule has 0 aromatic heterocycles. The lowest BCUT2D eigenvalue weighted by Gasteiger charge is -2.03. The summed E-state index contributed by atoms with van der Waals surface area (Å²) in [4.78, 5) is 0.111. The summed E-state index contributed by atoms with van der Waals surface area (Å²) in [7, 11) is 0. The molecular weight excluding hydrogens is 221 g/mol. The molecule has 1 atom stereocenters. The highest BCUT2D eigenvalue weighted by atomic mass is 79.9. The van der Waals surface area contributed by atoms with E-state index in [4.69, 9.17) is 5.26 Å². The first-order valence-corrected chi connectivity index (χ1v) is 4.40. The zero-order valence-electron chi connectivity index (χ0n) is 6.51. The van der Waals surface area contributed by atoms with Crippen molar-refractivity contribution in [1.82, 2.24) is 0 Å². The van der Waals surface area contributed by atoms with Gasteiger partial charge in [-0.3, -0.25) is 0 Å². The Morgan fingerprint density at radius 1 is 1.58 bits per heavy atom. The summed E-state index contributed by atoms with van der Waals surface area (Å²) >= 11 is 3.31. The predicted molar refractivity (Wildman–Crippen MR) is 48.5 cm³/mol. The van der Waals surface area contributed by atoms with Crippen LogP contribution in [0.4, 0.5) is 4.39 Å². The molecule has 3 heteroatoms. The Balaban J connectivity index is 3.12. The van der Waals surface area contributed by atoms with Crippen molar-refractivity contribution in [2.24, 2.45) is 0 Å². The van der Waals surface area contributed by atoms with Crippen molar-refractivity contribution in [3.05, 3.63) is 35.1 Å². The van der Waals surface area contributed by atoms with Gasteiger partial charge in [-0.05, 0) is 24.6 Å². The van der Waals surface area contributed by atoms with Gasteiger partial charge >= 0.3 is 0 Å². The maximum Gasteiger partial charge on any atom is 0.141 e. The largest absolute Gasteiger partial charge is 0.206 e. The molecule has 1 aromatic carbocycles. The number of benzene rings is 1. The predicted octanol–water partition coefficient (Wildman–Crippen LogP) is 3.15. The standard InChI is InChI=1S/C9H7BrFN/c1-6(10)7-2-3-8(5-12)9(11)4-7/h2-4,6H,1H3. The van der Waals surface area contributed by atoms with Gasteiger partial charge in [-0.1, -0.05) is 22.0 Å². The highest BCUT2D eigenvalue weighted by Gasteiger charge is 2.05. The van der Waals surface area contributed by atoms with E-state index in [0.717, 1.165) is 5.56 Å². The molecule has 0 heterocycles. The van der Waals surface area contributed by atoms with Gasteiger partial charge in [0.15, 0.2) is 0 Å². The Morgan fingerprint density at radius 2 is 2.25 bits per heavy atom. The van der Waals surface area contributed by atoms with Crippen LogP contribution in [0.1, 0.15) is 22.9 Å². The van der Waals surface area contributed by atoms with Crippen LogP contribution in [-0.4, -0.2) is 0 Å². The van der Waals surface area contributed by atoms with Crippen molar-refractivity contribution < 1.29 is 4.39 Å². The van der Waals surface area contributed by atoms with Gasteiger partial charge in [0.05, 0.1) is 5.56 Å². The Bertz CT molecular complexity index is 328. The van der Waals surface area contributed by atoms with Gasteiger partial charge in [0.25, 0.3) is 0 Å². The second kappa shape index (κ2) is 3.68. The molecule has 0 N–H and O–H groups in total. The number of halogens is 2. The molecule has 1 aromatic rings. The zero-order chi connectivity index (χ0) is 9.14. The molecular formula is C9H7BrFN. The summed E-state index contributed by atoms with van der Waals surface area (Å²) in [6.45, 7) is 1.90. The summed E-state index contributed by atoms with van der Waals surface area (Å²) in [5, 5.41) is 8.45. The van der Waals surface area contributed by atoms with E-state index in [2.05, 4.69) is 15.9 Å². The molecule has 0 amide bonds. The average molecular weight is 228 g/mol. The monoisotopic (exact) mass is 227 g/mol. The normalized spacial score (nSPS) is 12.2. The number of hydrogen-bond donors (Lipinski definition) is 0. The van der Waals surface area contributed by atoms with Crippen LogP contribution in [0.5, 0.6) is 0 Å². The molecule has 0 aliphatic heterocycles. The summed E-state index contributed by atoms with van der Waals surface area (Å²) < 4.78 is 13.0. The number of rotatable bonds is 1. The van der Waals surface area contributed by atoms with Crippen LogP contribution in [-0.2, 0) is 0 Å². The number of nitrogens with zero attached hydrogens (tertiary/aromatic N) is 1. The van der Waals surface area contributed by atoms with E-state index in [1.165, 1.54) is 12.1 Å². The minimum atomic E-state index is -0.457. The van der Waals surface area contributed by atoms with Crippen LogP contribution in [0, 0.1) is 17.1 Å². The van der Waals surface area contributed by atoms with Gasteiger partial charge < -0.3 is 0 Å². The second-order valence-corrected chi connectivity index (χ2v) is 3.84. The van der Waals surface area contributed by atoms with Gasteiger partial charge in [0.1, 0.15) is 11.9 Å². The molecule has 0 fully saturated rings. The van der Waals surface area contributed by atoms with Crippen LogP contribution in [0.15, 0.2) is 18.2 Å². The van der Waals surface area contributed by atoms with Crippen LogP contribution < -0.4 is 0 Å². The van der Waals surface area contributed by atoms with E-state index in [-0.39, 0.29) is 10.4 Å². The molecule has 1 nitrogen and oxygen atoms in total. The molecule has 1 unspecified atom stereocenters. The summed E-state index contributed by atoms with van der Waals surface area (Å²) in [6.07, 6.45) is 0. The molecule has 0 aliphatic carbocycles. The molecule has 0 spiro atoms. The summed E-state index contributed by atoms with van der Waals surface area (Å²) in [5.41, 5.74) is 0.929. The quantitative estimate of drug-likeness (QED) is 0.677. The molecule has 12 heavy (non-hydrogen) atoms. The highest BCUT2D eigenvalue weighted by Crippen LogP contribution is 2.22. The van der Waals surface area contributed by atoms with Crippen molar-refractivity contribution in [1.29, 1.82) is 5.26 Å². The van der Waals surface area contributed by atoms with Crippen LogP contribution in [0.3, 0.4) is 0 Å². The van der Waals surface area contributed by atoms with E-state index in [9.17, 15) is 4.39 Å². The van der Waals surface area contributed by atoms with E-state index in [0.29, 0.717) is 0 Å². The Kier molecular flexibility index (Phi) is 2.83. The minimum Gasteiger partial charge on any atom is -0.206 e. The molecule has 0 bridgehead atoms. The van der Waals surface area contributed by atoms with Gasteiger partial charge in [0, 0.05) is 4.83 Å². The summed E-state index contributed by atoms with van der Waals surface area (Å²) in [6, 6.07) is 6.37. The fourth-order valence-corrected chi connectivity index (χ4v) is 1.15. The van der Waals surface area contributed by atoms with Gasteiger partial charge in [-0.15, -0.1) is 0 Å². The number of hydrogen-bond acceptors (Lipinski definition) is 1. The SMILES string of the molecule is CC(Br)c1ccc(C#N)c(F)c1. The Labute approximate surface area is 79.0 Å². The smallest absolute Gasteiger partial charge is 0.141 e. The van der Waals surface area contributed by atoms with Crippen LogP contribution in [0.2, 0.25) is 0 Å². The lowest BCUT2D eigenvalue weighted by atomic mass is 10.1. The number of nitriles is 1. The van der Waals surface area contributed by atoms with E-state index < -0.39 is 5.82 Å². The highest BCUT2D eigenvalue weighted by molar-refractivity contribution is 9.09. The van der Waals surface area contributed by atoms with E-state index >= 15 is 0 Å². The molecule has 0 aliphatic rings. The van der Waals surface area contributed by atoms with Crippen LogP contribution >= 0.6 is 15.9 Å². The molecule has 0 radical (unpaired) electrons. The maximum atomic E-state index is 13.0. The first-order chi connectivity index (χ1) is 5.65. The fraction of sp³-hybridized carbons (Fsp3) is 0.222. The van der Waals surface area contributed by atoms with Crippen molar-refractivity contribution in [3.63, 3.8) is 0 Å². The van der Waals surface area contributed by atoms with E-state index in [1.54, 1.807) is 12.1 Å². The maximum absolute atomic E-state index is 13.0. The molecule has 1 rings (SSSR count). The third kappa shape index (κ3) is 1.83. The van der Waals surface area contributed by atoms with Crippen molar-refractivity contribution in [3.8, 4) is 6.07 Å². The van der Waals surface area contributed by atoms with Gasteiger partial charge in [-0.2, -0.15) is 5.26 Å². The summed E-state index contributed by atoms with van der Waals surface area (Å²) in [5.74, 6) is -0.457. The molecule has 0 saturated heterocycles. The molecule has 62 valence electrons. The second-order valence-electron chi connectivity index (χ2n) is 2.47. The Morgan fingerprint density at radius 3 is 2.67 bits per heavy atom. The fourth-order valence-electron chi connectivity index (χ4n) is 0.869. The first kappa shape index (κ1) is 9.21. The Hall–Kier alpha value is -0.880. The van der Waals surface area contributed by atoms with Crippen molar-refractivity contribution in [2.45, 2.75) is 11.8 Å². The lowest BCUT2D eigenvalue weighted by Crippen LogP contribution is -1.88. The average Bonchev–Trinajstić information content (AvgIpc) is 2.04. The van der Waals surface area contributed by atoms with E-state index in [1.807, 2.05) is 6.92 Å². The topological polar surface area (TPSA) is 23.8 Å². The van der Waals surface area contributed by atoms with Crippen LogP contribution in [0.25, 0.3) is 0 Å². The lowest BCUT2D eigenvalue weighted by molar-refractivity contribution is 0.621. The zero-order valence-corrected chi connectivity index (χ0v) is 8.10. The van der Waals surface area contributed by atoms with Gasteiger partial charge in [-0.25, -0.2) is 4.39 Å². The van der Waals surface area contributed by atoms with Gasteiger partial charge in [0.2, 0.25) is 0 Å². The third-order valence-corrected chi connectivity index (χ3v) is 2.10. The first-order valence-electron chi connectivity index (χ1n) is 3.48. The van der Waals surface area contributed by atoms with Crippen molar-refractivity contribution >= 4 is 15.9 Å². The minimum absolute atomic E-state index is 0.0897. The van der Waals surface area contributed by atoms with Crippen molar-refractivity contribution in [2.75, 3.05) is 0 Å². The number of alkyl halides is 1. The molecule has 0 saturated carbocycles.